The van der Waals surface area contributed by atoms with E-state index >= 15 is 0 Å². The summed E-state index contributed by atoms with van der Waals surface area (Å²) in [5.74, 6) is 0.0782. The Morgan fingerprint density at radius 1 is 1.06 bits per heavy atom. The minimum Gasteiger partial charge on any atom is -0.378 e. The van der Waals surface area contributed by atoms with Gasteiger partial charge in [0, 0.05) is 17.7 Å². The van der Waals surface area contributed by atoms with Crippen LogP contribution in [0.15, 0.2) is 48.7 Å². The molecule has 0 bridgehead atoms. The normalized spacial score (nSPS) is 10.7. The number of nitrogens with zero attached hydrogens (tertiary/aromatic N) is 7. The monoisotopic (exact) mass is 432 g/mol. The Hall–Kier alpha value is -3.87. The SMILES string of the molecule is COCc1cccc(Cn2cc(-c3cc(-c4cc(Cl)cc(C#N)c4)nc(N)n3)nn2)n1. The third-order valence-electron chi connectivity index (χ3n) is 4.35. The fourth-order valence-corrected chi connectivity index (χ4v) is 3.29. The van der Waals surface area contributed by atoms with Gasteiger partial charge in [-0.3, -0.25) is 4.98 Å². The molecule has 0 aliphatic carbocycles. The van der Waals surface area contributed by atoms with Gasteiger partial charge in [-0.15, -0.1) is 5.10 Å². The van der Waals surface area contributed by atoms with E-state index in [1.807, 2.05) is 18.2 Å². The lowest BCUT2D eigenvalue weighted by Gasteiger charge is -2.06. The molecular weight excluding hydrogens is 416 g/mol. The second kappa shape index (κ2) is 8.87. The highest BCUT2D eigenvalue weighted by Crippen LogP contribution is 2.26. The van der Waals surface area contributed by atoms with E-state index in [1.165, 1.54) is 0 Å². The van der Waals surface area contributed by atoms with E-state index < -0.39 is 0 Å². The van der Waals surface area contributed by atoms with Gasteiger partial charge in [0.25, 0.3) is 0 Å². The number of benzene rings is 1. The van der Waals surface area contributed by atoms with Crippen LogP contribution < -0.4 is 5.73 Å². The van der Waals surface area contributed by atoms with Crippen LogP contribution in [0.4, 0.5) is 5.95 Å². The third-order valence-corrected chi connectivity index (χ3v) is 4.57. The van der Waals surface area contributed by atoms with Crippen molar-refractivity contribution in [1.29, 1.82) is 5.26 Å². The lowest BCUT2D eigenvalue weighted by atomic mass is 10.1. The average Bonchev–Trinajstić information content (AvgIpc) is 3.22. The fourth-order valence-electron chi connectivity index (χ4n) is 3.05. The minimum atomic E-state index is 0.0782. The number of hydrogen-bond donors (Lipinski definition) is 1. The Morgan fingerprint density at radius 2 is 1.87 bits per heavy atom. The van der Waals surface area contributed by atoms with Gasteiger partial charge in [-0.05, 0) is 36.4 Å². The molecule has 0 amide bonds. The molecule has 0 saturated carbocycles. The Bertz CT molecular complexity index is 1280. The predicted octanol–water partition coefficient (Wildman–Crippen LogP) is 3.10. The lowest BCUT2D eigenvalue weighted by molar-refractivity contribution is 0.181. The van der Waals surface area contributed by atoms with E-state index in [0.29, 0.717) is 46.4 Å². The quantitative estimate of drug-likeness (QED) is 0.492. The summed E-state index contributed by atoms with van der Waals surface area (Å²) in [6.07, 6.45) is 1.76. The first kappa shape index (κ1) is 20.4. The molecule has 4 rings (SSSR count). The smallest absolute Gasteiger partial charge is 0.221 e. The zero-order valence-corrected chi connectivity index (χ0v) is 17.3. The van der Waals surface area contributed by atoms with Gasteiger partial charge in [0.05, 0.1) is 53.8 Å². The third kappa shape index (κ3) is 4.83. The highest BCUT2D eigenvalue weighted by molar-refractivity contribution is 6.31. The Labute approximate surface area is 183 Å². The van der Waals surface area contributed by atoms with Gasteiger partial charge in [-0.1, -0.05) is 22.9 Å². The van der Waals surface area contributed by atoms with Crippen molar-refractivity contribution >= 4 is 17.5 Å². The molecule has 3 aromatic heterocycles. The molecule has 154 valence electrons. The summed E-state index contributed by atoms with van der Waals surface area (Å²) in [5.41, 5.74) is 10.2. The Balaban J connectivity index is 1.63. The van der Waals surface area contributed by atoms with Crippen molar-refractivity contribution in [2.24, 2.45) is 0 Å². The van der Waals surface area contributed by atoms with Crippen LogP contribution in [-0.2, 0) is 17.9 Å². The summed E-state index contributed by atoms with van der Waals surface area (Å²) in [5, 5.41) is 18.0. The van der Waals surface area contributed by atoms with Crippen LogP contribution in [0.2, 0.25) is 5.02 Å². The summed E-state index contributed by atoms with van der Waals surface area (Å²) >= 11 is 6.12. The largest absolute Gasteiger partial charge is 0.378 e. The van der Waals surface area contributed by atoms with Gasteiger partial charge >= 0.3 is 0 Å². The van der Waals surface area contributed by atoms with Crippen molar-refractivity contribution in [3.63, 3.8) is 0 Å². The van der Waals surface area contributed by atoms with Crippen molar-refractivity contribution in [2.45, 2.75) is 13.2 Å². The summed E-state index contributed by atoms with van der Waals surface area (Å²) < 4.78 is 6.79. The minimum absolute atomic E-state index is 0.0782. The molecule has 0 aliphatic rings. The molecule has 31 heavy (non-hydrogen) atoms. The first-order valence-electron chi connectivity index (χ1n) is 9.24. The first-order chi connectivity index (χ1) is 15.0. The summed E-state index contributed by atoms with van der Waals surface area (Å²) in [6, 6.07) is 14.5. The zero-order valence-electron chi connectivity index (χ0n) is 16.5. The van der Waals surface area contributed by atoms with Crippen LogP contribution in [0.25, 0.3) is 22.6 Å². The van der Waals surface area contributed by atoms with Crippen LogP contribution in [-0.4, -0.2) is 37.1 Å². The number of pyridine rings is 1. The standard InChI is InChI=1S/C21H17ClN8O/c1-31-12-17-4-2-3-16(25-17)10-30-11-20(28-29-30)19-8-18(26-21(24)27-19)14-5-13(9-23)6-15(22)7-14/h2-8,11H,10,12H2,1H3,(H2,24,26,27). The number of nitrogens with two attached hydrogens (primary N) is 1. The number of halogens is 1. The molecule has 9 nitrogen and oxygen atoms in total. The number of hydrogen-bond acceptors (Lipinski definition) is 8. The van der Waals surface area contributed by atoms with Crippen LogP contribution in [0, 0.1) is 11.3 Å². The highest BCUT2D eigenvalue weighted by Gasteiger charge is 2.12. The number of nitrogen functional groups attached to an aromatic ring is 1. The molecule has 0 spiro atoms. The van der Waals surface area contributed by atoms with E-state index in [1.54, 1.807) is 42.3 Å². The van der Waals surface area contributed by atoms with Crippen LogP contribution in [0.5, 0.6) is 0 Å². The van der Waals surface area contributed by atoms with E-state index in [0.717, 1.165) is 11.4 Å². The maximum Gasteiger partial charge on any atom is 0.221 e. The zero-order chi connectivity index (χ0) is 21.8. The first-order valence-corrected chi connectivity index (χ1v) is 9.62. The number of anilines is 1. The second-order valence-corrected chi connectivity index (χ2v) is 7.13. The topological polar surface area (TPSA) is 128 Å². The van der Waals surface area contributed by atoms with Gasteiger partial charge in [-0.25, -0.2) is 14.6 Å². The van der Waals surface area contributed by atoms with Gasteiger partial charge < -0.3 is 10.5 Å². The number of rotatable bonds is 6. The summed E-state index contributed by atoms with van der Waals surface area (Å²) in [7, 11) is 1.63. The molecule has 0 aliphatic heterocycles. The number of ether oxygens (including phenoxy) is 1. The van der Waals surface area contributed by atoms with Crippen molar-refractivity contribution < 1.29 is 4.74 Å². The Kier molecular flexibility index (Phi) is 5.84. The maximum absolute atomic E-state index is 9.19. The molecule has 3 heterocycles. The predicted molar refractivity (Wildman–Crippen MR) is 115 cm³/mol. The molecule has 1 aromatic carbocycles. The maximum atomic E-state index is 9.19. The fraction of sp³-hybridized carbons (Fsp3) is 0.143. The second-order valence-electron chi connectivity index (χ2n) is 6.69. The highest BCUT2D eigenvalue weighted by atomic mass is 35.5. The molecule has 4 aromatic rings. The van der Waals surface area contributed by atoms with E-state index in [2.05, 4.69) is 31.3 Å². The van der Waals surface area contributed by atoms with Gasteiger partial charge in [0.1, 0.15) is 5.69 Å². The molecule has 2 N–H and O–H groups in total. The van der Waals surface area contributed by atoms with Crippen molar-refractivity contribution in [2.75, 3.05) is 12.8 Å². The molecule has 0 fully saturated rings. The van der Waals surface area contributed by atoms with E-state index in [9.17, 15) is 5.26 Å². The Morgan fingerprint density at radius 3 is 2.68 bits per heavy atom. The number of nitriles is 1. The molecule has 0 saturated heterocycles. The van der Waals surface area contributed by atoms with Crippen LogP contribution in [0.1, 0.15) is 17.0 Å². The molecule has 0 atom stereocenters. The lowest BCUT2D eigenvalue weighted by Crippen LogP contribution is -2.04. The van der Waals surface area contributed by atoms with Gasteiger partial charge in [-0.2, -0.15) is 5.26 Å². The van der Waals surface area contributed by atoms with Crippen LogP contribution >= 0.6 is 11.6 Å². The van der Waals surface area contributed by atoms with E-state index in [4.69, 9.17) is 22.1 Å². The number of aromatic nitrogens is 6. The van der Waals surface area contributed by atoms with Gasteiger partial charge in [0.15, 0.2) is 0 Å². The van der Waals surface area contributed by atoms with Gasteiger partial charge in [0.2, 0.25) is 5.95 Å². The van der Waals surface area contributed by atoms with Crippen LogP contribution in [0.3, 0.4) is 0 Å². The summed E-state index contributed by atoms with van der Waals surface area (Å²) in [4.78, 5) is 13.1. The summed E-state index contributed by atoms with van der Waals surface area (Å²) in [6.45, 7) is 0.883. The van der Waals surface area contributed by atoms with E-state index in [-0.39, 0.29) is 5.95 Å². The number of methoxy groups -OCH3 is 1. The molecule has 0 unspecified atom stereocenters. The molecule has 0 radical (unpaired) electrons. The van der Waals surface area contributed by atoms with Crippen molar-refractivity contribution in [1.82, 2.24) is 29.9 Å². The molecule has 10 heteroatoms. The molecular formula is C21H17ClN8O. The van der Waals surface area contributed by atoms with Crippen molar-refractivity contribution in [3.8, 4) is 28.7 Å². The average molecular weight is 433 g/mol. The van der Waals surface area contributed by atoms with Crippen molar-refractivity contribution in [3.05, 3.63) is 70.6 Å².